The molecule has 0 radical (unpaired) electrons. The van der Waals surface area contributed by atoms with Crippen LogP contribution in [-0.4, -0.2) is 23.2 Å². The van der Waals surface area contributed by atoms with Crippen LogP contribution < -0.4 is 10.9 Å². The van der Waals surface area contributed by atoms with Crippen molar-refractivity contribution in [3.05, 3.63) is 93.4 Å². The molecule has 9 heteroatoms. The van der Waals surface area contributed by atoms with Crippen molar-refractivity contribution < 1.29 is 14.0 Å². The second-order valence-corrected chi connectivity index (χ2v) is 7.76. The van der Waals surface area contributed by atoms with Gasteiger partial charge >= 0.3 is 11.8 Å². The summed E-state index contributed by atoms with van der Waals surface area (Å²) in [6.07, 6.45) is 1.16. The van der Waals surface area contributed by atoms with E-state index in [0.29, 0.717) is 34.3 Å². The van der Waals surface area contributed by atoms with Crippen LogP contribution in [0.15, 0.2) is 75.3 Å². The molecule has 2 amide bonds. The smallest absolute Gasteiger partial charge is 0.307 e. The van der Waals surface area contributed by atoms with Gasteiger partial charge in [-0.2, -0.15) is 10.2 Å². The number of furan rings is 1. The maximum absolute atomic E-state index is 12.4. The predicted octanol–water partition coefficient (Wildman–Crippen LogP) is 5.67. The Morgan fingerprint density at radius 2 is 1.18 bits per heavy atom. The van der Waals surface area contributed by atoms with Gasteiger partial charge in [0.15, 0.2) is 11.5 Å². The monoisotopic (exact) mass is 484 g/mol. The summed E-state index contributed by atoms with van der Waals surface area (Å²) in [5.74, 6) is -1.28. The lowest BCUT2D eigenvalue weighted by Gasteiger charge is -2.05. The summed E-state index contributed by atoms with van der Waals surface area (Å²) in [4.78, 5) is 24.8. The lowest BCUT2D eigenvalue weighted by Crippen LogP contribution is -2.20. The third-order valence-electron chi connectivity index (χ3n) is 4.62. The van der Waals surface area contributed by atoms with E-state index in [1.807, 2.05) is 26.0 Å². The summed E-state index contributed by atoms with van der Waals surface area (Å²) < 4.78 is 5.38. The molecule has 0 unspecified atom stereocenters. The lowest BCUT2D eigenvalue weighted by molar-refractivity contribution is 0.0902. The number of amides is 2. The summed E-state index contributed by atoms with van der Waals surface area (Å²) >= 11 is 12.0. The van der Waals surface area contributed by atoms with Crippen molar-refractivity contribution in [3.8, 4) is 0 Å². The molecular formula is C24H22Cl2N4O3. The molecular weight excluding hydrogens is 463 g/mol. The van der Waals surface area contributed by atoms with Crippen LogP contribution in [0.3, 0.4) is 0 Å². The van der Waals surface area contributed by atoms with E-state index < -0.39 is 11.8 Å². The SMILES string of the molecule is CCC(=NNC(=O)c1ccc(C(=O)NN=C(CC)c2cccc(Cl)c2)o1)c1cccc(Cl)c1. The normalized spacial score (nSPS) is 11.9. The van der Waals surface area contributed by atoms with Crippen LogP contribution >= 0.6 is 23.2 Å². The molecule has 0 aliphatic rings. The van der Waals surface area contributed by atoms with E-state index in [4.69, 9.17) is 27.6 Å². The highest BCUT2D eigenvalue weighted by molar-refractivity contribution is 6.31. The van der Waals surface area contributed by atoms with Crippen LogP contribution in [0.5, 0.6) is 0 Å². The molecule has 170 valence electrons. The fourth-order valence-corrected chi connectivity index (χ4v) is 3.34. The number of hydrogen-bond acceptors (Lipinski definition) is 5. The van der Waals surface area contributed by atoms with E-state index in [1.165, 1.54) is 12.1 Å². The molecule has 0 fully saturated rings. The van der Waals surface area contributed by atoms with Gasteiger partial charge in [0.1, 0.15) is 0 Å². The molecule has 2 aromatic carbocycles. The van der Waals surface area contributed by atoms with Crippen molar-refractivity contribution in [2.45, 2.75) is 26.7 Å². The second kappa shape index (κ2) is 11.4. The Morgan fingerprint density at radius 3 is 1.55 bits per heavy atom. The minimum absolute atomic E-state index is 0.0556. The fourth-order valence-electron chi connectivity index (χ4n) is 2.96. The largest absolute Gasteiger partial charge is 0.446 e. The standard InChI is InChI=1S/C24H22Cl2N4O3/c1-3-19(15-7-5-9-17(25)13-15)27-29-23(31)21-11-12-22(33-21)24(32)30-28-20(4-2)16-8-6-10-18(26)14-16/h5-14H,3-4H2,1-2H3,(H,29,31)(H,30,32). The Hall–Kier alpha value is -3.42. The topological polar surface area (TPSA) is 96.1 Å². The van der Waals surface area contributed by atoms with Gasteiger partial charge in [-0.25, -0.2) is 10.9 Å². The first kappa shape index (κ1) is 24.2. The Balaban J connectivity index is 1.67. The highest BCUT2D eigenvalue weighted by Crippen LogP contribution is 2.14. The summed E-state index contributed by atoms with van der Waals surface area (Å²) in [6.45, 7) is 3.82. The molecule has 0 spiro atoms. The van der Waals surface area contributed by atoms with E-state index >= 15 is 0 Å². The number of halogens is 2. The van der Waals surface area contributed by atoms with E-state index in [2.05, 4.69) is 21.1 Å². The van der Waals surface area contributed by atoms with Crippen molar-refractivity contribution in [2.75, 3.05) is 0 Å². The Labute approximate surface area is 201 Å². The highest BCUT2D eigenvalue weighted by Gasteiger charge is 2.16. The number of hydrogen-bond donors (Lipinski definition) is 2. The van der Waals surface area contributed by atoms with Gasteiger partial charge in [-0.15, -0.1) is 0 Å². The van der Waals surface area contributed by atoms with Crippen molar-refractivity contribution in [1.82, 2.24) is 10.9 Å². The predicted molar refractivity (Wildman–Crippen MR) is 130 cm³/mol. The molecule has 7 nitrogen and oxygen atoms in total. The number of rotatable bonds is 8. The first-order valence-corrected chi connectivity index (χ1v) is 11.0. The van der Waals surface area contributed by atoms with Gasteiger partial charge in [0, 0.05) is 10.0 Å². The number of carbonyl (C=O) groups is 2. The average molecular weight is 485 g/mol. The van der Waals surface area contributed by atoms with Gasteiger partial charge in [0.25, 0.3) is 0 Å². The average Bonchev–Trinajstić information content (AvgIpc) is 3.30. The lowest BCUT2D eigenvalue weighted by atomic mass is 10.1. The van der Waals surface area contributed by atoms with Crippen LogP contribution in [-0.2, 0) is 0 Å². The van der Waals surface area contributed by atoms with Crippen molar-refractivity contribution in [1.29, 1.82) is 0 Å². The molecule has 0 atom stereocenters. The van der Waals surface area contributed by atoms with Crippen LogP contribution in [0, 0.1) is 0 Å². The minimum atomic E-state index is -0.585. The molecule has 2 N–H and O–H groups in total. The molecule has 0 saturated carbocycles. The molecule has 33 heavy (non-hydrogen) atoms. The van der Waals surface area contributed by atoms with Crippen LogP contribution in [0.4, 0.5) is 0 Å². The number of carbonyl (C=O) groups excluding carboxylic acids is 2. The van der Waals surface area contributed by atoms with E-state index in [9.17, 15) is 9.59 Å². The Morgan fingerprint density at radius 1 is 0.758 bits per heavy atom. The van der Waals surface area contributed by atoms with Gasteiger partial charge in [-0.3, -0.25) is 9.59 Å². The molecule has 1 aromatic heterocycles. The van der Waals surface area contributed by atoms with Crippen LogP contribution in [0.2, 0.25) is 10.0 Å². The Kier molecular flexibility index (Phi) is 8.40. The molecule has 0 saturated heterocycles. The quantitative estimate of drug-likeness (QED) is 0.318. The van der Waals surface area contributed by atoms with Gasteiger partial charge in [-0.05, 0) is 60.4 Å². The van der Waals surface area contributed by atoms with E-state index in [1.54, 1.807) is 36.4 Å². The Bertz CT molecular complexity index is 1130. The van der Waals surface area contributed by atoms with Gasteiger partial charge in [0.05, 0.1) is 11.4 Å². The van der Waals surface area contributed by atoms with E-state index in [0.717, 1.165) is 11.1 Å². The van der Waals surface area contributed by atoms with Crippen molar-refractivity contribution >= 4 is 46.4 Å². The third-order valence-corrected chi connectivity index (χ3v) is 5.09. The number of nitrogens with one attached hydrogen (secondary N) is 2. The molecule has 0 aliphatic heterocycles. The zero-order valence-corrected chi connectivity index (χ0v) is 19.6. The molecule has 3 aromatic rings. The zero-order valence-electron chi connectivity index (χ0n) is 18.1. The van der Waals surface area contributed by atoms with Gasteiger partial charge in [-0.1, -0.05) is 61.3 Å². The van der Waals surface area contributed by atoms with Gasteiger partial charge < -0.3 is 4.42 Å². The summed E-state index contributed by atoms with van der Waals surface area (Å²) in [5.41, 5.74) is 7.80. The number of benzene rings is 2. The zero-order chi connectivity index (χ0) is 23.8. The van der Waals surface area contributed by atoms with E-state index in [-0.39, 0.29) is 11.5 Å². The first-order valence-electron chi connectivity index (χ1n) is 10.3. The maximum Gasteiger partial charge on any atom is 0.307 e. The first-order chi connectivity index (χ1) is 15.9. The van der Waals surface area contributed by atoms with Crippen molar-refractivity contribution in [3.63, 3.8) is 0 Å². The minimum Gasteiger partial charge on any atom is -0.446 e. The van der Waals surface area contributed by atoms with Crippen molar-refractivity contribution in [2.24, 2.45) is 10.2 Å². The molecule has 0 bridgehead atoms. The van der Waals surface area contributed by atoms with Crippen LogP contribution in [0.1, 0.15) is 58.9 Å². The maximum atomic E-state index is 12.4. The molecule has 0 aliphatic carbocycles. The number of nitrogens with zero attached hydrogens (tertiary/aromatic N) is 2. The van der Waals surface area contributed by atoms with Gasteiger partial charge in [0.2, 0.25) is 0 Å². The summed E-state index contributed by atoms with van der Waals surface area (Å²) in [7, 11) is 0. The molecule has 3 rings (SSSR count). The second-order valence-electron chi connectivity index (χ2n) is 6.89. The highest BCUT2D eigenvalue weighted by atomic mass is 35.5. The molecule has 1 heterocycles. The third kappa shape index (κ3) is 6.54. The summed E-state index contributed by atoms with van der Waals surface area (Å²) in [6, 6.07) is 17.2. The van der Waals surface area contributed by atoms with Crippen LogP contribution in [0.25, 0.3) is 0 Å². The number of hydrazone groups is 2. The summed E-state index contributed by atoms with van der Waals surface area (Å²) in [5, 5.41) is 9.47. The fraction of sp³-hybridized carbons (Fsp3) is 0.167.